The van der Waals surface area contributed by atoms with Crippen LogP contribution in [-0.4, -0.2) is 61.9 Å². The molecule has 0 bridgehead atoms. The molecule has 37 heavy (non-hydrogen) atoms. The summed E-state index contributed by atoms with van der Waals surface area (Å²) in [7, 11) is 2.22. The third-order valence-corrected chi connectivity index (χ3v) is 8.76. The molecular formula is C32H39N3OS. The van der Waals surface area contributed by atoms with Gasteiger partial charge in [-0.2, -0.15) is 0 Å². The van der Waals surface area contributed by atoms with E-state index in [1.807, 2.05) is 48.2 Å². The zero-order valence-electron chi connectivity index (χ0n) is 22.1. The maximum absolute atomic E-state index is 13.2. The van der Waals surface area contributed by atoms with Crippen molar-refractivity contribution < 1.29 is 4.79 Å². The van der Waals surface area contributed by atoms with Crippen LogP contribution in [-0.2, 0) is 0 Å². The molecule has 2 aliphatic rings. The van der Waals surface area contributed by atoms with Crippen LogP contribution in [0.25, 0.3) is 0 Å². The van der Waals surface area contributed by atoms with Crippen LogP contribution < -0.4 is 4.90 Å². The SMILES string of the molecule is CN1CCN(CCCCCCCCN2c3ccccc3Sc3ccc(C(=O)c4ccccc4)cc32)CC1. The minimum Gasteiger partial charge on any atom is -0.340 e. The van der Waals surface area contributed by atoms with Gasteiger partial charge in [0.15, 0.2) is 5.78 Å². The predicted octanol–water partition coefficient (Wildman–Crippen LogP) is 7.11. The van der Waals surface area contributed by atoms with Crippen molar-refractivity contribution in [2.45, 2.75) is 48.3 Å². The van der Waals surface area contributed by atoms with E-state index in [-0.39, 0.29) is 5.78 Å². The Balaban J connectivity index is 1.16. The summed E-state index contributed by atoms with van der Waals surface area (Å²) in [4.78, 5) is 23.2. The summed E-state index contributed by atoms with van der Waals surface area (Å²) in [6.07, 6.45) is 7.69. The minimum absolute atomic E-state index is 0.0868. The molecule has 2 aliphatic heterocycles. The molecule has 5 rings (SSSR count). The van der Waals surface area contributed by atoms with Gasteiger partial charge in [-0.15, -0.1) is 0 Å². The molecule has 3 aromatic rings. The van der Waals surface area contributed by atoms with Gasteiger partial charge >= 0.3 is 0 Å². The quantitative estimate of drug-likeness (QED) is 0.201. The number of ketones is 1. The van der Waals surface area contributed by atoms with E-state index in [2.05, 4.69) is 58.1 Å². The first kappa shape index (κ1) is 26.0. The topological polar surface area (TPSA) is 26.8 Å². The molecule has 0 aliphatic carbocycles. The highest BCUT2D eigenvalue weighted by Crippen LogP contribution is 2.48. The summed E-state index contributed by atoms with van der Waals surface area (Å²) in [5.41, 5.74) is 3.93. The van der Waals surface area contributed by atoms with Crippen molar-refractivity contribution in [1.82, 2.24) is 9.80 Å². The van der Waals surface area contributed by atoms with Crippen molar-refractivity contribution in [3.63, 3.8) is 0 Å². The molecule has 3 aromatic carbocycles. The van der Waals surface area contributed by atoms with Crippen LogP contribution in [0, 0.1) is 0 Å². The zero-order chi connectivity index (χ0) is 25.5. The second kappa shape index (κ2) is 12.8. The maximum Gasteiger partial charge on any atom is 0.193 e. The highest BCUT2D eigenvalue weighted by molar-refractivity contribution is 7.99. The number of nitrogens with zero attached hydrogens (tertiary/aromatic N) is 3. The van der Waals surface area contributed by atoms with Gasteiger partial charge in [0.05, 0.1) is 11.4 Å². The summed E-state index contributed by atoms with van der Waals surface area (Å²) >= 11 is 1.81. The van der Waals surface area contributed by atoms with Crippen molar-refractivity contribution in [2.75, 3.05) is 51.2 Å². The van der Waals surface area contributed by atoms with Crippen LogP contribution in [0.15, 0.2) is 82.6 Å². The first-order valence-corrected chi connectivity index (χ1v) is 14.7. The molecule has 1 saturated heterocycles. The molecule has 1 fully saturated rings. The second-order valence-electron chi connectivity index (χ2n) is 10.4. The van der Waals surface area contributed by atoms with E-state index in [0.717, 1.165) is 29.8 Å². The summed E-state index contributed by atoms with van der Waals surface area (Å²) in [5, 5.41) is 0. The average Bonchev–Trinajstić information content (AvgIpc) is 2.94. The summed E-state index contributed by atoms with van der Waals surface area (Å²) in [6.45, 7) is 7.12. The number of likely N-dealkylation sites (N-methyl/N-ethyl adjacent to an activating group) is 1. The Morgan fingerprint density at radius 3 is 2.11 bits per heavy atom. The normalized spacial score (nSPS) is 15.9. The number of benzene rings is 3. The molecule has 2 heterocycles. The fourth-order valence-electron chi connectivity index (χ4n) is 5.35. The van der Waals surface area contributed by atoms with E-state index >= 15 is 0 Å². The monoisotopic (exact) mass is 513 g/mol. The van der Waals surface area contributed by atoms with E-state index < -0.39 is 0 Å². The van der Waals surface area contributed by atoms with E-state index in [1.54, 1.807) is 0 Å². The zero-order valence-corrected chi connectivity index (χ0v) is 22.9. The number of rotatable bonds is 11. The third-order valence-electron chi connectivity index (χ3n) is 7.63. The number of hydrogen-bond acceptors (Lipinski definition) is 5. The number of para-hydroxylation sites is 1. The van der Waals surface area contributed by atoms with Crippen LogP contribution in [0.2, 0.25) is 0 Å². The number of carbonyl (C=O) groups is 1. The number of hydrogen-bond donors (Lipinski definition) is 0. The van der Waals surface area contributed by atoms with Gasteiger partial charge in [-0.05, 0) is 56.8 Å². The standard InChI is InChI=1S/C32H39N3OS/c1-33-21-23-34(24-22-33)19-11-4-2-3-5-12-20-35-28-15-9-10-16-30(28)37-31-18-17-27(25-29(31)35)32(36)26-13-7-6-8-14-26/h6-10,13-18,25H,2-5,11-12,19-24H2,1H3. The maximum atomic E-state index is 13.2. The summed E-state index contributed by atoms with van der Waals surface area (Å²) in [5.74, 6) is 0.0868. The molecular weight excluding hydrogens is 474 g/mol. The highest BCUT2D eigenvalue weighted by atomic mass is 32.2. The van der Waals surface area contributed by atoms with Gasteiger partial charge in [-0.1, -0.05) is 79.9 Å². The Bertz CT molecular complexity index is 1170. The third kappa shape index (κ3) is 6.64. The first-order chi connectivity index (χ1) is 18.2. The molecule has 0 saturated carbocycles. The Morgan fingerprint density at radius 2 is 1.32 bits per heavy atom. The van der Waals surface area contributed by atoms with Crippen molar-refractivity contribution in [3.05, 3.63) is 83.9 Å². The first-order valence-electron chi connectivity index (χ1n) is 13.9. The van der Waals surface area contributed by atoms with Crippen LogP contribution in [0.1, 0.15) is 54.4 Å². The van der Waals surface area contributed by atoms with Gasteiger partial charge in [0.25, 0.3) is 0 Å². The summed E-state index contributed by atoms with van der Waals surface area (Å²) < 4.78 is 0. The fraction of sp³-hybridized carbons (Fsp3) is 0.406. The van der Waals surface area contributed by atoms with E-state index in [9.17, 15) is 4.79 Å². The fourth-order valence-corrected chi connectivity index (χ4v) is 6.43. The van der Waals surface area contributed by atoms with Crippen LogP contribution in [0.3, 0.4) is 0 Å². The molecule has 0 amide bonds. The molecule has 0 atom stereocenters. The molecule has 0 radical (unpaired) electrons. The molecule has 0 spiro atoms. The molecule has 0 unspecified atom stereocenters. The number of anilines is 2. The van der Waals surface area contributed by atoms with Gasteiger partial charge in [0.1, 0.15) is 0 Å². The van der Waals surface area contributed by atoms with Gasteiger partial charge in [0.2, 0.25) is 0 Å². The lowest BCUT2D eigenvalue weighted by Gasteiger charge is -2.33. The Labute approximate surface area is 226 Å². The lowest BCUT2D eigenvalue weighted by molar-refractivity contribution is 0.103. The van der Waals surface area contributed by atoms with Crippen molar-refractivity contribution >= 4 is 28.9 Å². The van der Waals surface area contributed by atoms with E-state index in [0.29, 0.717) is 0 Å². The Hall–Kier alpha value is -2.60. The van der Waals surface area contributed by atoms with E-state index in [4.69, 9.17) is 0 Å². The van der Waals surface area contributed by atoms with Gasteiger partial charge in [-0.25, -0.2) is 0 Å². The second-order valence-corrected chi connectivity index (χ2v) is 11.4. The van der Waals surface area contributed by atoms with Crippen LogP contribution >= 0.6 is 11.8 Å². The summed E-state index contributed by atoms with van der Waals surface area (Å²) in [6, 6.07) is 24.5. The van der Waals surface area contributed by atoms with E-state index in [1.165, 1.54) is 80.3 Å². The lowest BCUT2D eigenvalue weighted by Crippen LogP contribution is -2.44. The Morgan fingerprint density at radius 1 is 0.676 bits per heavy atom. The molecule has 0 aromatic heterocycles. The molecule has 194 valence electrons. The van der Waals surface area contributed by atoms with Crippen LogP contribution in [0.4, 0.5) is 11.4 Å². The molecule has 5 heteroatoms. The predicted molar refractivity (Wildman–Crippen MR) is 156 cm³/mol. The van der Waals surface area contributed by atoms with Gasteiger partial charge in [-0.3, -0.25) is 4.79 Å². The van der Waals surface area contributed by atoms with Gasteiger partial charge < -0.3 is 14.7 Å². The van der Waals surface area contributed by atoms with Crippen molar-refractivity contribution in [2.24, 2.45) is 0 Å². The largest absolute Gasteiger partial charge is 0.340 e. The van der Waals surface area contributed by atoms with Crippen molar-refractivity contribution in [1.29, 1.82) is 0 Å². The number of carbonyl (C=O) groups excluding carboxylic acids is 1. The van der Waals surface area contributed by atoms with Crippen molar-refractivity contribution in [3.8, 4) is 0 Å². The number of fused-ring (bicyclic) bond motifs is 2. The lowest BCUT2D eigenvalue weighted by atomic mass is 10.0. The smallest absolute Gasteiger partial charge is 0.193 e. The van der Waals surface area contributed by atoms with Crippen LogP contribution in [0.5, 0.6) is 0 Å². The Kier molecular flexibility index (Phi) is 8.98. The minimum atomic E-state index is 0.0868. The molecule has 0 N–H and O–H groups in total. The number of piperazine rings is 1. The van der Waals surface area contributed by atoms with Gasteiger partial charge in [0, 0.05) is 53.6 Å². The average molecular weight is 514 g/mol. The number of unbranched alkanes of at least 4 members (excludes halogenated alkanes) is 5. The highest BCUT2D eigenvalue weighted by Gasteiger charge is 2.24. The molecule has 4 nitrogen and oxygen atoms in total.